The molecule has 0 spiro atoms. The van der Waals surface area contributed by atoms with Crippen molar-refractivity contribution in [2.75, 3.05) is 26.7 Å². The molecule has 0 radical (unpaired) electrons. The van der Waals surface area contributed by atoms with Crippen LogP contribution in [0.25, 0.3) is 0 Å². The summed E-state index contributed by atoms with van der Waals surface area (Å²) in [6.07, 6.45) is 1.54. The Bertz CT molecular complexity index is 411. The van der Waals surface area contributed by atoms with E-state index in [2.05, 4.69) is 16.9 Å². The van der Waals surface area contributed by atoms with Crippen molar-refractivity contribution in [1.29, 1.82) is 0 Å². The van der Waals surface area contributed by atoms with E-state index in [1.54, 1.807) is 11.8 Å². The van der Waals surface area contributed by atoms with E-state index in [4.69, 9.17) is 4.74 Å². The van der Waals surface area contributed by atoms with Gasteiger partial charge in [-0.1, -0.05) is 6.58 Å². The third-order valence-electron chi connectivity index (χ3n) is 2.66. The molecule has 98 valence electrons. The number of carbonyl (C=O) groups excluding carboxylic acids is 2. The van der Waals surface area contributed by atoms with Crippen molar-refractivity contribution >= 4 is 18.1 Å². The van der Waals surface area contributed by atoms with Crippen molar-refractivity contribution in [3.05, 3.63) is 18.0 Å². The predicted molar refractivity (Wildman–Crippen MR) is 67.9 cm³/mol. The fourth-order valence-electron chi connectivity index (χ4n) is 1.82. The van der Waals surface area contributed by atoms with Crippen LogP contribution in [0.4, 0.5) is 0 Å². The second kappa shape index (κ2) is 6.74. The van der Waals surface area contributed by atoms with Gasteiger partial charge in [-0.25, -0.2) is 9.59 Å². The molecule has 18 heavy (non-hydrogen) atoms. The lowest BCUT2D eigenvalue weighted by Gasteiger charge is -2.35. The van der Waals surface area contributed by atoms with Crippen LogP contribution in [-0.4, -0.2) is 55.8 Å². The lowest BCUT2D eigenvalue weighted by Crippen LogP contribution is -2.54. The summed E-state index contributed by atoms with van der Waals surface area (Å²) in [5.74, 6) is 1.41. The molecule has 0 saturated carbocycles. The molecule has 0 aromatic carbocycles. The number of methoxy groups -OCH3 is 1. The van der Waals surface area contributed by atoms with Gasteiger partial charge in [0.1, 0.15) is 11.7 Å². The molecule has 6 nitrogen and oxygen atoms in total. The van der Waals surface area contributed by atoms with Crippen LogP contribution in [0.15, 0.2) is 23.0 Å². The number of aliphatic imine (C=N–C) groups is 1. The second-order valence-corrected chi connectivity index (χ2v) is 3.72. The summed E-state index contributed by atoms with van der Waals surface area (Å²) < 4.78 is 4.72. The van der Waals surface area contributed by atoms with Crippen molar-refractivity contribution in [1.82, 2.24) is 10.2 Å². The molecule has 0 aliphatic carbocycles. The van der Waals surface area contributed by atoms with Gasteiger partial charge in [0, 0.05) is 25.8 Å². The molecule has 1 atom stereocenters. The van der Waals surface area contributed by atoms with Gasteiger partial charge < -0.3 is 15.0 Å². The Kier molecular flexibility index (Phi) is 5.30. The number of hydrogen-bond acceptors (Lipinski definition) is 6. The molecule has 0 bridgehead atoms. The Balaban J connectivity index is 2.98. The van der Waals surface area contributed by atoms with E-state index in [1.165, 1.54) is 13.3 Å². The van der Waals surface area contributed by atoms with E-state index in [0.29, 0.717) is 25.3 Å². The molecule has 0 aromatic rings. The number of rotatable bonds is 4. The van der Waals surface area contributed by atoms with E-state index in [0.717, 1.165) is 0 Å². The summed E-state index contributed by atoms with van der Waals surface area (Å²) in [6, 6.07) is -0.552. The average molecular weight is 251 g/mol. The zero-order valence-electron chi connectivity index (χ0n) is 10.6. The Labute approximate surface area is 106 Å². The molecular formula is C12H17N3O3. The molecule has 1 rings (SSSR count). The fraction of sp³-hybridized carbons (Fsp3) is 0.500. The van der Waals surface area contributed by atoms with Gasteiger partial charge in [-0.05, 0) is 6.92 Å². The summed E-state index contributed by atoms with van der Waals surface area (Å²) in [5.41, 5.74) is 0.494. The normalized spacial score (nSPS) is 19.4. The molecule has 1 unspecified atom stereocenters. The fourth-order valence-corrected chi connectivity index (χ4v) is 1.82. The van der Waals surface area contributed by atoms with E-state index in [1.807, 2.05) is 5.94 Å². The number of hydrogen-bond donors (Lipinski definition) is 1. The van der Waals surface area contributed by atoms with Crippen LogP contribution < -0.4 is 5.32 Å². The Hall–Kier alpha value is -1.91. The van der Waals surface area contributed by atoms with Gasteiger partial charge in [0.05, 0.1) is 12.8 Å². The van der Waals surface area contributed by atoms with Gasteiger partial charge in [-0.2, -0.15) is 0 Å². The molecule has 1 saturated heterocycles. The van der Waals surface area contributed by atoms with Crippen LogP contribution in [0.1, 0.15) is 6.92 Å². The third-order valence-corrected chi connectivity index (χ3v) is 2.66. The minimum absolute atomic E-state index is 0.199. The zero-order chi connectivity index (χ0) is 13.5. The maximum absolute atomic E-state index is 11.7. The van der Waals surface area contributed by atoms with Gasteiger partial charge in [0.25, 0.3) is 0 Å². The first-order valence-corrected chi connectivity index (χ1v) is 5.64. The summed E-state index contributed by atoms with van der Waals surface area (Å²) in [6.45, 7) is 7.01. The molecule has 1 heterocycles. The largest absolute Gasteiger partial charge is 0.467 e. The van der Waals surface area contributed by atoms with Crippen molar-refractivity contribution in [2.24, 2.45) is 4.99 Å². The third kappa shape index (κ3) is 3.06. The van der Waals surface area contributed by atoms with Gasteiger partial charge >= 0.3 is 5.97 Å². The highest BCUT2D eigenvalue weighted by Gasteiger charge is 2.32. The number of esters is 1. The lowest BCUT2D eigenvalue weighted by atomic mass is 10.1. The number of nitrogens with zero attached hydrogens (tertiary/aromatic N) is 2. The van der Waals surface area contributed by atoms with Crippen LogP contribution in [0.2, 0.25) is 0 Å². The van der Waals surface area contributed by atoms with E-state index >= 15 is 0 Å². The summed E-state index contributed by atoms with van der Waals surface area (Å²) in [5, 5.41) is 3.08. The number of piperazine rings is 1. The molecule has 0 aromatic heterocycles. The highest BCUT2D eigenvalue weighted by Crippen LogP contribution is 2.17. The number of ether oxygens (including phenoxy) is 1. The van der Waals surface area contributed by atoms with Crippen molar-refractivity contribution in [2.45, 2.75) is 13.0 Å². The minimum atomic E-state index is -0.552. The summed E-state index contributed by atoms with van der Waals surface area (Å²) >= 11 is 0. The molecule has 1 aliphatic rings. The second-order valence-electron chi connectivity index (χ2n) is 3.72. The SMILES string of the molecule is C=C(N=CC)C(=C=O)N1CCNCC1C(=O)OC. The molecule has 6 heteroatoms. The van der Waals surface area contributed by atoms with Crippen LogP contribution >= 0.6 is 0 Å². The highest BCUT2D eigenvalue weighted by atomic mass is 16.5. The summed E-state index contributed by atoms with van der Waals surface area (Å²) in [7, 11) is 1.32. The minimum Gasteiger partial charge on any atom is -0.467 e. The van der Waals surface area contributed by atoms with E-state index in [9.17, 15) is 9.59 Å². The smallest absolute Gasteiger partial charge is 0.329 e. The van der Waals surface area contributed by atoms with Crippen LogP contribution in [-0.2, 0) is 14.3 Å². The molecular weight excluding hydrogens is 234 g/mol. The van der Waals surface area contributed by atoms with Crippen LogP contribution in [0.3, 0.4) is 0 Å². The Morgan fingerprint density at radius 1 is 1.67 bits per heavy atom. The number of nitrogens with one attached hydrogen (secondary N) is 1. The molecule has 1 fully saturated rings. The van der Waals surface area contributed by atoms with E-state index < -0.39 is 12.0 Å². The van der Waals surface area contributed by atoms with Gasteiger partial charge in [0.15, 0.2) is 5.94 Å². The zero-order valence-corrected chi connectivity index (χ0v) is 10.6. The first-order valence-electron chi connectivity index (χ1n) is 5.64. The van der Waals surface area contributed by atoms with E-state index in [-0.39, 0.29) is 5.70 Å². The molecule has 1 aliphatic heterocycles. The maximum atomic E-state index is 11.7. The van der Waals surface area contributed by atoms with Gasteiger partial charge in [0.2, 0.25) is 0 Å². The Morgan fingerprint density at radius 2 is 2.39 bits per heavy atom. The van der Waals surface area contributed by atoms with Crippen LogP contribution in [0, 0.1) is 0 Å². The van der Waals surface area contributed by atoms with Crippen molar-refractivity contribution in [3.8, 4) is 0 Å². The highest BCUT2D eigenvalue weighted by molar-refractivity contribution is 5.77. The van der Waals surface area contributed by atoms with Gasteiger partial charge in [-0.3, -0.25) is 4.99 Å². The first kappa shape index (κ1) is 14.2. The predicted octanol–water partition coefficient (Wildman–Crippen LogP) is -0.247. The summed E-state index contributed by atoms with van der Waals surface area (Å²) in [4.78, 5) is 28.3. The monoisotopic (exact) mass is 251 g/mol. The van der Waals surface area contributed by atoms with Crippen molar-refractivity contribution in [3.63, 3.8) is 0 Å². The molecule has 1 N–H and O–H groups in total. The maximum Gasteiger partial charge on any atom is 0.329 e. The standard InChI is InChI=1S/C12H17N3O3/c1-4-14-9(2)11(8-16)15-6-5-13-7-10(15)12(17)18-3/h4,10,13H,2,5-7H2,1,3H3. The number of carbonyl (C=O) groups is 1. The first-order chi connectivity index (χ1) is 8.65. The Morgan fingerprint density at radius 3 is 2.94 bits per heavy atom. The molecule has 0 amide bonds. The lowest BCUT2D eigenvalue weighted by molar-refractivity contribution is -0.146. The van der Waals surface area contributed by atoms with Crippen LogP contribution in [0.5, 0.6) is 0 Å². The van der Waals surface area contributed by atoms with Gasteiger partial charge in [-0.15, -0.1) is 0 Å². The average Bonchev–Trinajstić information content (AvgIpc) is 2.39. The topological polar surface area (TPSA) is 71.0 Å². The quantitative estimate of drug-likeness (QED) is 0.323. The van der Waals surface area contributed by atoms with Crippen molar-refractivity contribution < 1.29 is 14.3 Å².